The number of nitrogens with two attached hydrogens (primary N) is 1. The molecule has 66 valence electrons. The molecule has 3 N–H and O–H groups in total. The first-order valence-electron chi connectivity index (χ1n) is 3.37. The Balaban J connectivity index is 0.000000218. The van der Waals surface area contributed by atoms with Gasteiger partial charge in [-0.15, -0.1) is 0 Å². The molecule has 1 saturated heterocycles. The van der Waals surface area contributed by atoms with E-state index >= 15 is 0 Å². The van der Waals surface area contributed by atoms with E-state index < -0.39 is 6.09 Å². The van der Waals surface area contributed by atoms with Crippen molar-refractivity contribution in [3.63, 3.8) is 0 Å². The van der Waals surface area contributed by atoms with Crippen molar-refractivity contribution in [1.82, 2.24) is 4.90 Å². The zero-order valence-electron chi connectivity index (χ0n) is 6.62. The molecule has 1 fully saturated rings. The van der Waals surface area contributed by atoms with E-state index in [0.717, 1.165) is 26.3 Å². The van der Waals surface area contributed by atoms with Gasteiger partial charge in [-0.1, -0.05) is 0 Å². The molecule has 1 aliphatic rings. The Labute approximate surface area is 65.7 Å². The Morgan fingerprint density at radius 2 is 1.91 bits per heavy atom. The molecule has 11 heavy (non-hydrogen) atoms. The molecule has 0 radical (unpaired) electrons. The van der Waals surface area contributed by atoms with E-state index in [9.17, 15) is 0 Å². The molecule has 0 unspecified atom stereocenters. The fourth-order valence-electron chi connectivity index (χ4n) is 0.655. The molecule has 5 nitrogen and oxygen atoms in total. The average molecular weight is 162 g/mol. The maximum absolute atomic E-state index is 8.78. The highest BCUT2D eigenvalue weighted by Crippen LogP contribution is 1.89. The van der Waals surface area contributed by atoms with Gasteiger partial charge in [0.1, 0.15) is 0 Å². The van der Waals surface area contributed by atoms with Crippen molar-refractivity contribution >= 4 is 6.09 Å². The topological polar surface area (TPSA) is 75.8 Å². The normalized spacial score (nSPS) is 18.3. The molecule has 0 spiro atoms. The third-order valence-corrected chi connectivity index (χ3v) is 1.23. The van der Waals surface area contributed by atoms with Gasteiger partial charge in [-0.25, -0.2) is 4.79 Å². The van der Waals surface area contributed by atoms with E-state index in [4.69, 9.17) is 14.6 Å². The summed E-state index contributed by atoms with van der Waals surface area (Å²) in [6, 6.07) is 0. The van der Waals surface area contributed by atoms with Crippen molar-refractivity contribution < 1.29 is 14.6 Å². The number of rotatable bonds is 0. The fraction of sp³-hybridized carbons (Fsp3) is 0.833. The molecule has 0 saturated carbocycles. The zero-order chi connectivity index (χ0) is 8.69. The van der Waals surface area contributed by atoms with E-state index in [-0.39, 0.29) is 0 Å². The van der Waals surface area contributed by atoms with Gasteiger partial charge in [0, 0.05) is 13.1 Å². The lowest BCUT2D eigenvalue weighted by Crippen LogP contribution is -2.32. The van der Waals surface area contributed by atoms with Crippen molar-refractivity contribution in [2.45, 2.75) is 0 Å². The summed E-state index contributed by atoms with van der Waals surface area (Å²) in [6.45, 7) is 4.02. The summed E-state index contributed by atoms with van der Waals surface area (Å²) in [5.41, 5.74) is 4.03. The van der Waals surface area contributed by atoms with Gasteiger partial charge in [0.15, 0.2) is 0 Å². The van der Waals surface area contributed by atoms with Crippen LogP contribution in [0.4, 0.5) is 4.79 Å². The summed E-state index contributed by atoms with van der Waals surface area (Å²) >= 11 is 0. The van der Waals surface area contributed by atoms with Gasteiger partial charge in [-0.3, -0.25) is 0 Å². The Hall–Kier alpha value is -0.810. The minimum absolute atomic E-state index is 0.913. The quantitative estimate of drug-likeness (QED) is 0.507. The van der Waals surface area contributed by atoms with Crippen LogP contribution in [0.3, 0.4) is 0 Å². The molecule has 0 aromatic heterocycles. The second-order valence-electron chi connectivity index (χ2n) is 2.25. The van der Waals surface area contributed by atoms with E-state index in [0.29, 0.717) is 0 Å². The average Bonchev–Trinajstić information content (AvgIpc) is 1.87. The second kappa shape index (κ2) is 5.94. The van der Waals surface area contributed by atoms with Gasteiger partial charge >= 0.3 is 6.09 Å². The van der Waals surface area contributed by atoms with Crippen molar-refractivity contribution in [2.75, 3.05) is 33.4 Å². The van der Waals surface area contributed by atoms with Crippen LogP contribution in [0.5, 0.6) is 0 Å². The van der Waals surface area contributed by atoms with E-state index in [1.807, 2.05) is 0 Å². The summed E-state index contributed by atoms with van der Waals surface area (Å²) in [7, 11) is 2.11. The number of likely N-dealkylation sites (N-methyl/N-ethyl adjacent to an activating group) is 1. The molecular formula is C6H14N2O3. The van der Waals surface area contributed by atoms with Crippen LogP contribution in [-0.4, -0.2) is 49.5 Å². The summed E-state index contributed by atoms with van der Waals surface area (Å²) < 4.78 is 5.10. The van der Waals surface area contributed by atoms with Crippen molar-refractivity contribution in [3.05, 3.63) is 0 Å². The van der Waals surface area contributed by atoms with E-state index in [1.54, 1.807) is 0 Å². The molecule has 0 bridgehead atoms. The Morgan fingerprint density at radius 3 is 2.09 bits per heavy atom. The highest BCUT2D eigenvalue weighted by Gasteiger charge is 2.02. The minimum Gasteiger partial charge on any atom is -0.465 e. The molecule has 1 heterocycles. The number of nitrogens with zero attached hydrogens (tertiary/aromatic N) is 1. The summed E-state index contributed by atoms with van der Waals surface area (Å²) in [4.78, 5) is 11.0. The first-order chi connectivity index (χ1) is 5.13. The summed E-state index contributed by atoms with van der Waals surface area (Å²) in [5, 5.41) is 7.19. The number of hydrogen-bond donors (Lipinski definition) is 2. The molecule has 1 rings (SSSR count). The first kappa shape index (κ1) is 10.2. The zero-order valence-corrected chi connectivity index (χ0v) is 6.62. The predicted molar refractivity (Wildman–Crippen MR) is 40.5 cm³/mol. The molecule has 0 aliphatic carbocycles. The van der Waals surface area contributed by atoms with Gasteiger partial charge in [0.25, 0.3) is 0 Å². The lowest BCUT2D eigenvalue weighted by atomic mass is 10.5. The Morgan fingerprint density at radius 1 is 1.55 bits per heavy atom. The Bertz CT molecular complexity index is 108. The van der Waals surface area contributed by atoms with Gasteiger partial charge in [0.2, 0.25) is 0 Å². The van der Waals surface area contributed by atoms with Gasteiger partial charge in [0.05, 0.1) is 13.2 Å². The first-order valence-corrected chi connectivity index (χ1v) is 3.37. The van der Waals surface area contributed by atoms with Gasteiger partial charge in [-0.05, 0) is 7.05 Å². The molecular weight excluding hydrogens is 148 g/mol. The standard InChI is InChI=1S/C5H11NO.CH3NO2/c1-6-2-4-7-5-3-6;2-1(3)4/h2-5H2,1H3;2H2,(H,3,4). The third-order valence-electron chi connectivity index (χ3n) is 1.23. The fourth-order valence-corrected chi connectivity index (χ4v) is 0.655. The Kier molecular flexibility index (Phi) is 5.50. The number of carbonyl (C=O) groups is 1. The molecule has 1 aliphatic heterocycles. The number of hydrogen-bond acceptors (Lipinski definition) is 3. The van der Waals surface area contributed by atoms with Crippen LogP contribution in [0.25, 0.3) is 0 Å². The van der Waals surface area contributed by atoms with Crippen LogP contribution in [0, 0.1) is 0 Å². The largest absolute Gasteiger partial charge is 0.465 e. The monoisotopic (exact) mass is 162 g/mol. The number of primary amides is 1. The highest BCUT2D eigenvalue weighted by molar-refractivity contribution is 5.61. The maximum Gasteiger partial charge on any atom is 0.402 e. The second-order valence-corrected chi connectivity index (χ2v) is 2.25. The van der Waals surface area contributed by atoms with Crippen LogP contribution in [0.15, 0.2) is 0 Å². The third kappa shape index (κ3) is 9.19. The summed E-state index contributed by atoms with van der Waals surface area (Å²) in [6.07, 6.45) is -1.33. The van der Waals surface area contributed by atoms with Gasteiger partial charge < -0.3 is 20.5 Å². The number of morpholine rings is 1. The molecule has 0 atom stereocenters. The van der Waals surface area contributed by atoms with E-state index in [1.165, 1.54) is 0 Å². The van der Waals surface area contributed by atoms with Crippen LogP contribution in [0.2, 0.25) is 0 Å². The lowest BCUT2D eigenvalue weighted by Gasteiger charge is -2.21. The molecule has 0 aromatic rings. The van der Waals surface area contributed by atoms with Gasteiger partial charge in [-0.2, -0.15) is 0 Å². The van der Waals surface area contributed by atoms with Crippen LogP contribution in [0.1, 0.15) is 0 Å². The molecule has 1 amide bonds. The van der Waals surface area contributed by atoms with E-state index in [2.05, 4.69) is 17.7 Å². The number of amides is 1. The molecule has 0 aromatic carbocycles. The minimum atomic E-state index is -1.33. The lowest BCUT2D eigenvalue weighted by molar-refractivity contribution is 0.0503. The maximum atomic E-state index is 8.78. The smallest absolute Gasteiger partial charge is 0.402 e. The van der Waals surface area contributed by atoms with Crippen molar-refractivity contribution in [1.29, 1.82) is 0 Å². The van der Waals surface area contributed by atoms with Crippen LogP contribution in [-0.2, 0) is 4.74 Å². The van der Waals surface area contributed by atoms with Crippen molar-refractivity contribution in [3.8, 4) is 0 Å². The predicted octanol–water partition coefficient (Wildman–Crippen LogP) is -0.428. The number of ether oxygens (including phenoxy) is 1. The summed E-state index contributed by atoms with van der Waals surface area (Å²) in [5.74, 6) is 0. The number of carboxylic acid groups (broad SMARTS) is 1. The van der Waals surface area contributed by atoms with Crippen LogP contribution >= 0.6 is 0 Å². The van der Waals surface area contributed by atoms with Crippen LogP contribution < -0.4 is 5.73 Å². The van der Waals surface area contributed by atoms with Crippen molar-refractivity contribution in [2.24, 2.45) is 5.73 Å². The highest BCUT2D eigenvalue weighted by atomic mass is 16.5. The molecule has 5 heteroatoms. The SMILES string of the molecule is CN1CCOCC1.NC(=O)O.